The number of allylic oxidation sites excluding steroid dienone is 8. The van der Waals surface area contributed by atoms with Crippen molar-refractivity contribution in [3.8, 4) is 0 Å². The van der Waals surface area contributed by atoms with Crippen molar-refractivity contribution in [3.05, 3.63) is 60.8 Å². The molecule has 0 spiro atoms. The van der Waals surface area contributed by atoms with Crippen molar-refractivity contribution in [1.29, 1.82) is 0 Å². The fraction of sp³-hybridized carbons (Fsp3) is 0.606. The minimum atomic E-state index is -2.16. The van der Waals surface area contributed by atoms with Gasteiger partial charge in [0.1, 0.15) is 6.17 Å². The largest absolute Gasteiger partial charge is 0.390 e. The highest BCUT2D eigenvalue weighted by Gasteiger charge is 2.73. The molecule has 0 bridgehead atoms. The van der Waals surface area contributed by atoms with E-state index in [4.69, 9.17) is 0 Å². The van der Waals surface area contributed by atoms with Crippen LogP contribution in [0.25, 0.3) is 0 Å². The molecule has 6 unspecified atom stereocenters. The highest BCUT2D eigenvalue weighted by Crippen LogP contribution is 2.70. The summed E-state index contributed by atoms with van der Waals surface area (Å²) in [7, 11) is 0. The van der Waals surface area contributed by atoms with Crippen molar-refractivity contribution < 1.29 is 28.3 Å². The molecule has 0 amide bonds. The van der Waals surface area contributed by atoms with Gasteiger partial charge in [-0.15, -0.1) is 0 Å². The van der Waals surface area contributed by atoms with Crippen LogP contribution in [-0.4, -0.2) is 44.5 Å². The van der Waals surface area contributed by atoms with E-state index >= 15 is 8.78 Å². The zero-order valence-electron chi connectivity index (χ0n) is 23.6. The van der Waals surface area contributed by atoms with Crippen LogP contribution in [0.4, 0.5) is 8.78 Å². The Morgan fingerprint density at radius 3 is 2.45 bits per heavy atom. The fourth-order valence-electron chi connectivity index (χ4n) is 9.28. The molecule has 0 aromatic heterocycles. The van der Waals surface area contributed by atoms with Gasteiger partial charge in [0.25, 0.3) is 0 Å². The second kappa shape index (κ2) is 10.0. The molecule has 0 aromatic carbocycles. The Labute approximate surface area is 240 Å². The van der Waals surface area contributed by atoms with Gasteiger partial charge < -0.3 is 5.11 Å². The Morgan fingerprint density at radius 2 is 1.82 bits per heavy atom. The molecule has 0 saturated heterocycles. The van der Waals surface area contributed by atoms with E-state index in [-0.39, 0.29) is 46.9 Å². The molecule has 0 heterocycles. The van der Waals surface area contributed by atoms with Gasteiger partial charge in [-0.05, 0) is 74.0 Å². The van der Waals surface area contributed by atoms with Crippen LogP contribution in [0.3, 0.4) is 0 Å². The molecule has 5 aliphatic carbocycles. The number of hydrogen-bond donors (Lipinski definition) is 1. The predicted molar refractivity (Wildman–Crippen MR) is 154 cm³/mol. The molecule has 9 atom stereocenters. The monoisotopic (exact) mass is 570 g/mol. The number of aliphatic hydroxyl groups excluding tert-OH is 1. The van der Waals surface area contributed by atoms with E-state index in [2.05, 4.69) is 13.2 Å². The van der Waals surface area contributed by atoms with Gasteiger partial charge >= 0.3 is 0 Å². The van der Waals surface area contributed by atoms with Gasteiger partial charge in [0, 0.05) is 22.8 Å². The SMILES string of the molecule is C=C/C=C(\C=C)C(=O)C1(SC(=O)C2[C@H](C)CC3C4C[C@H](F)C5=CC(=O)C=CC5(C)[C@@]4(F)C(O)CC32C)CCCC1. The lowest BCUT2D eigenvalue weighted by Gasteiger charge is -2.62. The lowest BCUT2D eigenvalue weighted by Crippen LogP contribution is -2.68. The lowest BCUT2D eigenvalue weighted by molar-refractivity contribution is -0.201. The Morgan fingerprint density at radius 1 is 1.15 bits per heavy atom. The minimum absolute atomic E-state index is 0.0583. The van der Waals surface area contributed by atoms with Crippen LogP contribution >= 0.6 is 11.8 Å². The molecule has 40 heavy (non-hydrogen) atoms. The van der Waals surface area contributed by atoms with E-state index in [0.29, 0.717) is 24.8 Å². The normalized spacial score (nSPS) is 43.8. The van der Waals surface area contributed by atoms with Crippen LogP contribution in [0.2, 0.25) is 0 Å². The summed E-state index contributed by atoms with van der Waals surface area (Å²) in [6.07, 6.45) is 8.98. The summed E-state index contributed by atoms with van der Waals surface area (Å²) in [5.41, 5.74) is -3.82. The first-order valence-corrected chi connectivity index (χ1v) is 15.3. The minimum Gasteiger partial charge on any atom is -0.390 e. The van der Waals surface area contributed by atoms with E-state index in [1.807, 2.05) is 13.8 Å². The molecular formula is C33H40F2O4S. The number of fused-ring (bicyclic) bond motifs is 5. The number of aliphatic hydroxyl groups is 1. The Kier molecular flexibility index (Phi) is 7.35. The third-order valence-corrected chi connectivity index (χ3v) is 12.6. The van der Waals surface area contributed by atoms with E-state index in [0.717, 1.165) is 24.6 Å². The maximum absolute atomic E-state index is 17.4. The van der Waals surface area contributed by atoms with Gasteiger partial charge in [-0.2, -0.15) is 0 Å². The third-order valence-electron chi connectivity index (χ3n) is 11.1. The van der Waals surface area contributed by atoms with Crippen molar-refractivity contribution in [2.24, 2.45) is 34.5 Å². The molecule has 5 aliphatic rings. The molecule has 4 fully saturated rings. The van der Waals surface area contributed by atoms with Gasteiger partial charge in [0.2, 0.25) is 0 Å². The van der Waals surface area contributed by atoms with Crippen molar-refractivity contribution in [1.82, 2.24) is 0 Å². The van der Waals surface area contributed by atoms with Crippen LogP contribution in [0.5, 0.6) is 0 Å². The van der Waals surface area contributed by atoms with Crippen LogP contribution in [-0.2, 0) is 14.4 Å². The first kappa shape index (κ1) is 29.4. The van der Waals surface area contributed by atoms with E-state index in [1.54, 1.807) is 19.1 Å². The van der Waals surface area contributed by atoms with E-state index in [1.165, 1.54) is 24.3 Å². The number of ketones is 2. The fourth-order valence-corrected chi connectivity index (χ4v) is 11.0. The van der Waals surface area contributed by atoms with Crippen molar-refractivity contribution in [3.63, 3.8) is 0 Å². The molecule has 7 heteroatoms. The third kappa shape index (κ3) is 3.97. The molecule has 4 nitrogen and oxygen atoms in total. The number of hydrogen-bond acceptors (Lipinski definition) is 5. The molecule has 1 N–H and O–H groups in total. The number of carbonyl (C=O) groups is 3. The van der Waals surface area contributed by atoms with Crippen LogP contribution in [0, 0.1) is 34.5 Å². The molecule has 5 rings (SSSR count). The summed E-state index contributed by atoms with van der Waals surface area (Å²) < 4.78 is 32.2. The summed E-state index contributed by atoms with van der Waals surface area (Å²) in [6, 6.07) is 0. The second-order valence-corrected chi connectivity index (χ2v) is 14.5. The smallest absolute Gasteiger partial charge is 0.193 e. The molecule has 0 aliphatic heterocycles. The van der Waals surface area contributed by atoms with Gasteiger partial charge in [-0.3, -0.25) is 14.4 Å². The predicted octanol–water partition coefficient (Wildman–Crippen LogP) is 6.61. The van der Waals surface area contributed by atoms with Crippen LogP contribution in [0.15, 0.2) is 60.8 Å². The topological polar surface area (TPSA) is 71.4 Å². The number of Topliss-reactive ketones (excluding diaryl/α,β-unsaturated/α-hetero) is 1. The van der Waals surface area contributed by atoms with Crippen LogP contribution < -0.4 is 0 Å². The quantitative estimate of drug-likeness (QED) is 0.288. The molecule has 4 saturated carbocycles. The number of alkyl halides is 2. The number of halogens is 2. The lowest BCUT2D eigenvalue weighted by atomic mass is 9.45. The van der Waals surface area contributed by atoms with E-state index < -0.39 is 45.4 Å². The average Bonchev–Trinajstić information content (AvgIpc) is 3.47. The first-order valence-electron chi connectivity index (χ1n) is 14.5. The summed E-state index contributed by atoms with van der Waals surface area (Å²) >= 11 is 1.12. The molecule has 0 aromatic rings. The molecular weight excluding hydrogens is 530 g/mol. The van der Waals surface area contributed by atoms with Gasteiger partial charge in [0.05, 0.1) is 10.9 Å². The van der Waals surface area contributed by atoms with Crippen molar-refractivity contribution in [2.45, 2.75) is 88.4 Å². The summed E-state index contributed by atoms with van der Waals surface area (Å²) in [4.78, 5) is 40.0. The van der Waals surface area contributed by atoms with Crippen molar-refractivity contribution in [2.75, 3.05) is 0 Å². The summed E-state index contributed by atoms with van der Waals surface area (Å²) in [5, 5.41) is 11.5. The van der Waals surface area contributed by atoms with Crippen molar-refractivity contribution >= 4 is 28.4 Å². The second-order valence-electron chi connectivity index (χ2n) is 13.2. The maximum atomic E-state index is 17.4. The van der Waals surface area contributed by atoms with E-state index in [9.17, 15) is 19.5 Å². The number of rotatable bonds is 6. The maximum Gasteiger partial charge on any atom is 0.193 e. The van der Waals surface area contributed by atoms with Gasteiger partial charge in [-0.25, -0.2) is 8.78 Å². The standard InChI is InChI=1S/C33H40F2O4S/c1-6-10-20(7-2)28(38)32(12-8-9-13-32)40-29(39)27-19(3)15-22-23-17-25(34)24-16-21(36)11-14-31(24,5)33(23,35)26(37)18-30(22,27)4/h6-7,10-11,14,16,19,22-23,25-27,37H,1-2,8-9,12-13,15,17-18H2,3-5H3/b20-10+/t19-,22?,23?,25+,26?,27?,30?,31?,33+/m1/s1. The highest BCUT2D eigenvalue weighted by atomic mass is 32.2. The van der Waals surface area contributed by atoms with Gasteiger partial charge in [-0.1, -0.05) is 75.9 Å². The number of carbonyl (C=O) groups excluding carboxylic acids is 3. The zero-order valence-corrected chi connectivity index (χ0v) is 24.4. The van der Waals surface area contributed by atoms with Gasteiger partial charge in [0.15, 0.2) is 22.4 Å². The molecule has 0 radical (unpaired) electrons. The Bertz CT molecular complexity index is 1240. The number of thioether (sulfide) groups is 1. The average molecular weight is 571 g/mol. The van der Waals surface area contributed by atoms with Crippen LogP contribution in [0.1, 0.15) is 65.7 Å². The zero-order chi connectivity index (χ0) is 29.3. The molecule has 216 valence electrons. The summed E-state index contributed by atoms with van der Waals surface area (Å²) in [6.45, 7) is 13.0. The summed E-state index contributed by atoms with van der Waals surface area (Å²) in [5.74, 6) is -2.25. The Hall–Kier alpha value is -2.12. The highest BCUT2D eigenvalue weighted by molar-refractivity contribution is 8.15. The first-order chi connectivity index (χ1) is 18.8. The Balaban J connectivity index is 1.49.